The Morgan fingerprint density at radius 3 is 2.47 bits per heavy atom. The van der Waals surface area contributed by atoms with Crippen molar-refractivity contribution in [1.29, 1.82) is 0 Å². The molecule has 4 aliphatic rings. The lowest BCUT2D eigenvalue weighted by Gasteiger charge is -2.42. The summed E-state index contributed by atoms with van der Waals surface area (Å²) >= 11 is 0. The van der Waals surface area contributed by atoms with Crippen LogP contribution in [0.1, 0.15) is 51.0 Å². The van der Waals surface area contributed by atoms with E-state index in [-0.39, 0.29) is 75.8 Å². The van der Waals surface area contributed by atoms with Gasteiger partial charge in [-0.15, -0.1) is 6.42 Å². The fourth-order valence-electron chi connectivity index (χ4n) is 8.29. The number of ether oxygens (including phenoxy) is 1. The maximum absolute atomic E-state index is 17.0. The molecule has 8 rings (SSSR count). The number of likely N-dealkylation sites (tertiary alicyclic amines) is 1. The third kappa shape index (κ3) is 7.03. The first kappa shape index (κ1) is 36.9. The van der Waals surface area contributed by atoms with Crippen LogP contribution in [0.2, 0.25) is 0 Å². The number of fused-ring (bicyclic) bond motifs is 4. The number of carbonyl (C=O) groups excluding carboxylic acids is 1. The molecule has 3 unspecified atom stereocenters. The summed E-state index contributed by atoms with van der Waals surface area (Å²) in [5, 5.41) is 13.4. The SMILES string of the molecule is C#Cc1c(F)ccc2cc(O)cc(-c3ncc4c(N5CC6CCC(C5)N6C(=O)NC(C)C(F)(F)F)nc(OCC5(CN6CCC(F)CC6)CC5)nc4c3F)c12. The van der Waals surface area contributed by atoms with Crippen LogP contribution in [0.25, 0.3) is 32.9 Å². The first-order valence-corrected chi connectivity index (χ1v) is 18.4. The molecule has 290 valence electrons. The Balaban J connectivity index is 1.16. The highest BCUT2D eigenvalue weighted by Gasteiger charge is 2.47. The monoisotopic (exact) mass is 767 g/mol. The maximum atomic E-state index is 17.0. The Hall–Kier alpha value is -5.04. The molecule has 4 fully saturated rings. The third-order valence-corrected chi connectivity index (χ3v) is 11.5. The van der Waals surface area contributed by atoms with Crippen LogP contribution in [-0.2, 0) is 0 Å². The number of benzene rings is 2. The third-order valence-electron chi connectivity index (χ3n) is 11.5. The van der Waals surface area contributed by atoms with Gasteiger partial charge in [-0.25, -0.2) is 18.0 Å². The van der Waals surface area contributed by atoms with Crippen molar-refractivity contribution in [3.8, 4) is 35.4 Å². The zero-order valence-electron chi connectivity index (χ0n) is 30.0. The lowest BCUT2D eigenvalue weighted by atomic mass is 9.96. The number of piperazine rings is 1. The number of hydrogen-bond donors (Lipinski definition) is 2. The number of piperidine rings is 1. The van der Waals surface area contributed by atoms with Crippen LogP contribution in [0.3, 0.4) is 0 Å². The molecule has 2 N–H and O–H groups in total. The largest absolute Gasteiger partial charge is 0.508 e. The van der Waals surface area contributed by atoms with Crippen LogP contribution in [0.4, 0.5) is 37.0 Å². The van der Waals surface area contributed by atoms with Crippen molar-refractivity contribution < 1.29 is 41.0 Å². The highest BCUT2D eigenvalue weighted by molar-refractivity contribution is 6.03. The minimum absolute atomic E-state index is 0.0456. The van der Waals surface area contributed by atoms with Crippen molar-refractivity contribution in [2.45, 2.75) is 75.9 Å². The number of hydrogen-bond acceptors (Lipinski definition) is 8. The number of phenols is 1. The van der Waals surface area contributed by atoms with Crippen LogP contribution in [0.15, 0.2) is 30.5 Å². The second-order valence-electron chi connectivity index (χ2n) is 15.3. The van der Waals surface area contributed by atoms with E-state index in [1.165, 1.54) is 29.3 Å². The van der Waals surface area contributed by atoms with Crippen molar-refractivity contribution in [1.82, 2.24) is 30.1 Å². The van der Waals surface area contributed by atoms with Gasteiger partial charge in [0.05, 0.1) is 29.6 Å². The normalized spacial score (nSPS) is 21.9. The van der Waals surface area contributed by atoms with Gasteiger partial charge >= 0.3 is 18.2 Å². The number of terminal acetylenes is 1. The average molecular weight is 768 g/mol. The number of pyridine rings is 1. The van der Waals surface area contributed by atoms with E-state index in [0.29, 0.717) is 50.7 Å². The molecule has 2 bridgehead atoms. The molecule has 2 aromatic carbocycles. The number of phenolic OH excluding ortho intramolecular Hbond substituents is 1. The van der Waals surface area contributed by atoms with E-state index < -0.39 is 48.1 Å². The number of amides is 2. The lowest BCUT2D eigenvalue weighted by Crippen LogP contribution is -2.60. The predicted molar refractivity (Wildman–Crippen MR) is 192 cm³/mol. The van der Waals surface area contributed by atoms with E-state index in [9.17, 15) is 31.9 Å². The van der Waals surface area contributed by atoms with Gasteiger partial charge in [-0.3, -0.25) is 4.98 Å². The molecule has 2 amide bonds. The molecule has 1 saturated carbocycles. The molecule has 4 aromatic rings. The summed E-state index contributed by atoms with van der Waals surface area (Å²) in [6.07, 6.45) is 5.45. The van der Waals surface area contributed by atoms with E-state index in [1.807, 2.05) is 4.90 Å². The van der Waals surface area contributed by atoms with Crippen molar-refractivity contribution in [2.75, 3.05) is 44.2 Å². The number of halogens is 6. The molecule has 3 aliphatic heterocycles. The van der Waals surface area contributed by atoms with Crippen molar-refractivity contribution in [3.05, 3.63) is 47.7 Å². The Bertz CT molecular complexity index is 2190. The standard InChI is InChI=1S/C39H39F6N7O3/c1-3-27-30(41)7-4-22-14-26(53)15-28(31(22)27)33-32(42)34-29(16-46-33)35(49-36(48-34)55-20-38(10-11-38)19-50-12-8-23(40)9-13-50)51-17-24-5-6-25(18-51)52(24)37(54)47-21(2)39(43,44)45/h1,4,7,14-16,21,23-25,53H,5-6,8-13,17-20H2,2H3,(H,47,54). The fourth-order valence-corrected chi connectivity index (χ4v) is 8.29. The Labute approximate surface area is 312 Å². The van der Waals surface area contributed by atoms with Crippen LogP contribution in [-0.4, -0.2) is 106 Å². The van der Waals surface area contributed by atoms with Crippen LogP contribution >= 0.6 is 0 Å². The molecular formula is C39H39F6N7O3. The number of carbonyl (C=O) groups is 1. The van der Waals surface area contributed by atoms with Crippen LogP contribution in [0.5, 0.6) is 11.8 Å². The summed E-state index contributed by atoms with van der Waals surface area (Å²) in [6, 6.07) is 1.36. The first-order chi connectivity index (χ1) is 26.2. The fraction of sp³-hybridized carbons (Fsp3) is 0.487. The predicted octanol–water partition coefficient (Wildman–Crippen LogP) is 6.72. The quantitative estimate of drug-likeness (QED) is 0.151. The van der Waals surface area contributed by atoms with E-state index in [4.69, 9.17) is 16.1 Å². The maximum Gasteiger partial charge on any atom is 0.408 e. The molecule has 1 aliphatic carbocycles. The Morgan fingerprint density at radius 2 is 1.82 bits per heavy atom. The zero-order chi connectivity index (χ0) is 38.8. The minimum Gasteiger partial charge on any atom is -0.508 e. The first-order valence-electron chi connectivity index (χ1n) is 18.4. The lowest BCUT2D eigenvalue weighted by molar-refractivity contribution is -0.149. The molecule has 55 heavy (non-hydrogen) atoms. The average Bonchev–Trinajstić information content (AvgIpc) is 3.86. The van der Waals surface area contributed by atoms with Crippen LogP contribution < -0.4 is 15.0 Å². The summed E-state index contributed by atoms with van der Waals surface area (Å²) in [4.78, 5) is 32.3. The van der Waals surface area contributed by atoms with Gasteiger partial charge in [-0.2, -0.15) is 23.1 Å². The second kappa shape index (κ2) is 13.9. The zero-order valence-corrected chi connectivity index (χ0v) is 30.0. The summed E-state index contributed by atoms with van der Waals surface area (Å²) in [7, 11) is 0. The van der Waals surface area contributed by atoms with Gasteiger partial charge in [0.25, 0.3) is 0 Å². The number of rotatable bonds is 8. The number of aromatic hydroxyl groups is 1. The molecule has 5 heterocycles. The van der Waals surface area contributed by atoms with Crippen molar-refractivity contribution >= 4 is 33.5 Å². The van der Waals surface area contributed by atoms with E-state index in [1.54, 1.807) is 0 Å². The Kier molecular flexibility index (Phi) is 9.34. The summed E-state index contributed by atoms with van der Waals surface area (Å²) in [6.45, 7) is 3.51. The van der Waals surface area contributed by atoms with Gasteiger partial charge in [0.15, 0.2) is 5.82 Å². The van der Waals surface area contributed by atoms with E-state index in [2.05, 4.69) is 26.1 Å². The number of nitrogens with one attached hydrogen (secondary N) is 1. The van der Waals surface area contributed by atoms with Gasteiger partial charge < -0.3 is 29.9 Å². The molecule has 16 heteroatoms. The number of alkyl halides is 4. The van der Waals surface area contributed by atoms with Crippen molar-refractivity contribution in [2.24, 2.45) is 5.41 Å². The molecule has 3 saturated heterocycles. The van der Waals surface area contributed by atoms with Gasteiger partial charge in [0, 0.05) is 55.3 Å². The highest BCUT2D eigenvalue weighted by Crippen LogP contribution is 2.47. The number of urea groups is 1. The molecular weight excluding hydrogens is 728 g/mol. The highest BCUT2D eigenvalue weighted by atomic mass is 19.4. The Morgan fingerprint density at radius 1 is 1.11 bits per heavy atom. The smallest absolute Gasteiger partial charge is 0.408 e. The summed E-state index contributed by atoms with van der Waals surface area (Å²) in [5.41, 5.74) is -0.702. The minimum atomic E-state index is -4.60. The van der Waals surface area contributed by atoms with Crippen molar-refractivity contribution in [3.63, 3.8) is 0 Å². The van der Waals surface area contributed by atoms with Gasteiger partial charge in [-0.05, 0) is 69.0 Å². The topological polar surface area (TPSA) is 107 Å². The van der Waals surface area contributed by atoms with E-state index in [0.717, 1.165) is 25.8 Å². The second-order valence-corrected chi connectivity index (χ2v) is 15.3. The number of anilines is 1. The van der Waals surface area contributed by atoms with Gasteiger partial charge in [0.2, 0.25) is 0 Å². The molecule has 3 atom stereocenters. The summed E-state index contributed by atoms with van der Waals surface area (Å²) < 4.78 is 91.9. The van der Waals surface area contributed by atoms with Gasteiger partial charge in [-0.1, -0.05) is 12.0 Å². The van der Waals surface area contributed by atoms with E-state index >= 15 is 4.39 Å². The van der Waals surface area contributed by atoms with Gasteiger partial charge in [0.1, 0.15) is 40.8 Å². The number of aromatic nitrogens is 3. The summed E-state index contributed by atoms with van der Waals surface area (Å²) in [5.74, 6) is 0.765. The molecule has 2 aromatic heterocycles. The molecule has 0 radical (unpaired) electrons. The van der Waals surface area contributed by atoms with Crippen LogP contribution in [0, 0.1) is 29.4 Å². The number of nitrogens with zero attached hydrogens (tertiary/aromatic N) is 6. The molecule has 10 nitrogen and oxygen atoms in total. The molecule has 0 spiro atoms.